The number of amides is 1. The molecule has 2 aliphatic rings. The summed E-state index contributed by atoms with van der Waals surface area (Å²) in [7, 11) is 0. The zero-order valence-corrected chi connectivity index (χ0v) is 12.7. The predicted octanol–water partition coefficient (Wildman–Crippen LogP) is 2.91. The van der Waals surface area contributed by atoms with E-state index in [4.69, 9.17) is 0 Å². The van der Waals surface area contributed by atoms with E-state index in [1.807, 2.05) is 12.1 Å². The fraction of sp³-hybridized carbons (Fsp3) is 0.647. The van der Waals surface area contributed by atoms with Gasteiger partial charge in [0.25, 0.3) is 0 Å². The molecule has 2 heterocycles. The lowest BCUT2D eigenvalue weighted by atomic mass is 9.63. The summed E-state index contributed by atoms with van der Waals surface area (Å²) in [5, 5.41) is 0. The van der Waals surface area contributed by atoms with Crippen molar-refractivity contribution in [3.05, 3.63) is 30.1 Å². The summed E-state index contributed by atoms with van der Waals surface area (Å²) in [6, 6.07) is 3.87. The van der Waals surface area contributed by atoms with Crippen LogP contribution in [0, 0.1) is 16.7 Å². The molecule has 108 valence electrons. The van der Waals surface area contributed by atoms with E-state index in [2.05, 4.69) is 30.7 Å². The lowest BCUT2D eigenvalue weighted by Gasteiger charge is -2.50. The highest BCUT2D eigenvalue weighted by molar-refractivity contribution is 5.79. The van der Waals surface area contributed by atoms with Crippen molar-refractivity contribution in [2.75, 3.05) is 13.1 Å². The summed E-state index contributed by atoms with van der Waals surface area (Å²) in [6.45, 7) is 8.98. The van der Waals surface area contributed by atoms with Crippen molar-refractivity contribution >= 4 is 5.91 Å². The number of likely N-dealkylation sites (tertiary alicyclic amines) is 1. The van der Waals surface area contributed by atoms with Crippen LogP contribution in [0.4, 0.5) is 0 Å². The fourth-order valence-corrected chi connectivity index (χ4v) is 4.00. The van der Waals surface area contributed by atoms with E-state index in [9.17, 15) is 4.79 Å². The number of hydrogen-bond donors (Lipinski definition) is 0. The molecule has 2 bridgehead atoms. The number of piperidine rings is 1. The van der Waals surface area contributed by atoms with Crippen LogP contribution in [0.3, 0.4) is 0 Å². The fourth-order valence-electron chi connectivity index (χ4n) is 4.00. The molecule has 3 rings (SSSR count). The standard InChI is InChI=1S/C17H24N2O/c1-16(2)14-4-7-17(16,3)12-19(11-14)15(20)10-13-5-8-18-9-6-13/h5-6,8-9,14H,4,7,10-12H2,1-3H3/t14?,17-/m1/s1. The Bertz CT molecular complexity index is 511. The lowest BCUT2D eigenvalue weighted by Crippen LogP contribution is -2.54. The predicted molar refractivity (Wildman–Crippen MR) is 79.1 cm³/mol. The third-order valence-electron chi connectivity index (χ3n) is 6.06. The molecule has 1 amide bonds. The van der Waals surface area contributed by atoms with Gasteiger partial charge in [0.1, 0.15) is 0 Å². The van der Waals surface area contributed by atoms with Crippen molar-refractivity contribution in [1.82, 2.24) is 9.88 Å². The number of rotatable bonds is 2. The highest BCUT2D eigenvalue weighted by Gasteiger charge is 2.55. The Hall–Kier alpha value is -1.38. The first-order valence-corrected chi connectivity index (χ1v) is 7.59. The van der Waals surface area contributed by atoms with E-state index < -0.39 is 0 Å². The summed E-state index contributed by atoms with van der Waals surface area (Å²) in [6.07, 6.45) is 6.54. The maximum atomic E-state index is 12.5. The number of carbonyl (C=O) groups excluding carboxylic acids is 1. The van der Waals surface area contributed by atoms with Gasteiger partial charge < -0.3 is 4.90 Å². The second-order valence-electron chi connectivity index (χ2n) is 7.32. The van der Waals surface area contributed by atoms with Crippen LogP contribution in [-0.4, -0.2) is 28.9 Å². The van der Waals surface area contributed by atoms with Crippen LogP contribution >= 0.6 is 0 Å². The first kappa shape index (κ1) is 13.6. The molecule has 1 saturated heterocycles. The highest BCUT2D eigenvalue weighted by atomic mass is 16.2. The van der Waals surface area contributed by atoms with Crippen LogP contribution in [0.15, 0.2) is 24.5 Å². The van der Waals surface area contributed by atoms with Crippen molar-refractivity contribution in [1.29, 1.82) is 0 Å². The molecule has 3 nitrogen and oxygen atoms in total. The molecule has 1 aliphatic carbocycles. The minimum atomic E-state index is 0.268. The van der Waals surface area contributed by atoms with E-state index in [0.717, 1.165) is 18.7 Å². The van der Waals surface area contributed by atoms with Crippen molar-refractivity contribution in [3.8, 4) is 0 Å². The molecule has 1 saturated carbocycles. The summed E-state index contributed by atoms with van der Waals surface area (Å²) < 4.78 is 0. The van der Waals surface area contributed by atoms with Crippen molar-refractivity contribution < 1.29 is 4.79 Å². The average Bonchev–Trinajstić information content (AvgIpc) is 2.57. The molecule has 1 aliphatic heterocycles. The van der Waals surface area contributed by atoms with Crippen LogP contribution in [0.25, 0.3) is 0 Å². The van der Waals surface area contributed by atoms with Crippen LogP contribution in [0.5, 0.6) is 0 Å². The van der Waals surface area contributed by atoms with Gasteiger partial charge in [0.05, 0.1) is 6.42 Å². The molecule has 0 aromatic carbocycles. The molecular formula is C17H24N2O. The van der Waals surface area contributed by atoms with Gasteiger partial charge in [0, 0.05) is 25.5 Å². The van der Waals surface area contributed by atoms with Gasteiger partial charge in [-0.1, -0.05) is 20.8 Å². The monoisotopic (exact) mass is 272 g/mol. The summed E-state index contributed by atoms with van der Waals surface area (Å²) in [4.78, 5) is 18.7. The molecule has 1 aromatic rings. The lowest BCUT2D eigenvalue weighted by molar-refractivity contribution is -0.138. The Kier molecular flexibility index (Phi) is 3.11. The van der Waals surface area contributed by atoms with E-state index in [1.54, 1.807) is 12.4 Å². The van der Waals surface area contributed by atoms with Gasteiger partial charge in [-0.15, -0.1) is 0 Å². The first-order chi connectivity index (χ1) is 9.42. The van der Waals surface area contributed by atoms with Gasteiger partial charge in [0.15, 0.2) is 0 Å². The van der Waals surface area contributed by atoms with E-state index >= 15 is 0 Å². The number of pyridine rings is 1. The van der Waals surface area contributed by atoms with Gasteiger partial charge in [0.2, 0.25) is 5.91 Å². The van der Waals surface area contributed by atoms with Gasteiger partial charge in [-0.3, -0.25) is 9.78 Å². The highest BCUT2D eigenvalue weighted by Crippen LogP contribution is 2.58. The van der Waals surface area contributed by atoms with Gasteiger partial charge in [-0.2, -0.15) is 0 Å². The minimum Gasteiger partial charge on any atom is -0.342 e. The maximum absolute atomic E-state index is 12.5. The number of hydrogen-bond acceptors (Lipinski definition) is 2. The third-order valence-corrected chi connectivity index (χ3v) is 6.06. The van der Waals surface area contributed by atoms with Crippen LogP contribution in [-0.2, 0) is 11.2 Å². The summed E-state index contributed by atoms with van der Waals surface area (Å²) in [5.41, 5.74) is 1.71. The molecule has 0 spiro atoms. The largest absolute Gasteiger partial charge is 0.342 e. The van der Waals surface area contributed by atoms with E-state index in [1.165, 1.54) is 12.8 Å². The van der Waals surface area contributed by atoms with E-state index in [0.29, 0.717) is 17.8 Å². The molecule has 1 unspecified atom stereocenters. The Morgan fingerprint density at radius 2 is 2.05 bits per heavy atom. The van der Waals surface area contributed by atoms with Gasteiger partial charge in [-0.25, -0.2) is 0 Å². The van der Waals surface area contributed by atoms with Crippen molar-refractivity contribution in [2.45, 2.75) is 40.0 Å². The van der Waals surface area contributed by atoms with Crippen molar-refractivity contribution in [2.24, 2.45) is 16.7 Å². The normalized spacial score (nSPS) is 31.4. The van der Waals surface area contributed by atoms with Crippen LogP contribution < -0.4 is 0 Å². The first-order valence-electron chi connectivity index (χ1n) is 7.59. The van der Waals surface area contributed by atoms with Crippen molar-refractivity contribution in [3.63, 3.8) is 0 Å². The Morgan fingerprint density at radius 1 is 1.35 bits per heavy atom. The Balaban J connectivity index is 1.73. The molecule has 2 fully saturated rings. The molecule has 20 heavy (non-hydrogen) atoms. The third kappa shape index (κ3) is 2.04. The molecule has 2 atom stereocenters. The number of nitrogens with zero attached hydrogens (tertiary/aromatic N) is 2. The summed E-state index contributed by atoms with van der Waals surface area (Å²) in [5.74, 6) is 0.924. The zero-order chi connectivity index (χ0) is 14.4. The summed E-state index contributed by atoms with van der Waals surface area (Å²) >= 11 is 0. The maximum Gasteiger partial charge on any atom is 0.227 e. The number of aromatic nitrogens is 1. The molecule has 0 radical (unpaired) electrons. The Morgan fingerprint density at radius 3 is 2.70 bits per heavy atom. The Labute approximate surface area is 121 Å². The van der Waals surface area contributed by atoms with E-state index in [-0.39, 0.29) is 11.3 Å². The second kappa shape index (κ2) is 4.57. The number of fused-ring (bicyclic) bond motifs is 2. The second-order valence-corrected chi connectivity index (χ2v) is 7.32. The smallest absolute Gasteiger partial charge is 0.227 e. The SMILES string of the molecule is CC1(C)C2CC[C@]1(C)CN(C(=O)Cc1ccncc1)C2. The molecule has 0 N–H and O–H groups in total. The number of carbonyl (C=O) groups is 1. The minimum absolute atomic E-state index is 0.268. The molecule has 3 heteroatoms. The topological polar surface area (TPSA) is 33.2 Å². The zero-order valence-electron chi connectivity index (χ0n) is 12.7. The van der Waals surface area contributed by atoms with Gasteiger partial charge >= 0.3 is 0 Å². The van der Waals surface area contributed by atoms with Crippen LogP contribution in [0.1, 0.15) is 39.2 Å². The molecular weight excluding hydrogens is 248 g/mol. The average molecular weight is 272 g/mol. The van der Waals surface area contributed by atoms with Crippen LogP contribution in [0.2, 0.25) is 0 Å². The van der Waals surface area contributed by atoms with Gasteiger partial charge in [-0.05, 0) is 47.3 Å². The quantitative estimate of drug-likeness (QED) is 0.829. The molecule has 1 aromatic heterocycles.